The van der Waals surface area contributed by atoms with Crippen molar-refractivity contribution >= 4 is 99.6 Å². The molecule has 0 rings (SSSR count). The Kier molecular flexibility index (Phi) is 46.0. The Bertz CT molecular complexity index is 2360. The second kappa shape index (κ2) is 47.1. The van der Waals surface area contributed by atoms with Gasteiger partial charge in [0.15, 0.2) is 0 Å². The van der Waals surface area contributed by atoms with Crippen LogP contribution in [0.2, 0.25) is 24.2 Å². The molecule has 0 radical (unpaired) electrons. The second-order valence-corrected chi connectivity index (χ2v) is 39.0. The first-order valence-corrected chi connectivity index (χ1v) is 46.7. The largest absolute Gasteiger partial charge is 0.748 e. The Labute approximate surface area is 574 Å². The summed E-state index contributed by atoms with van der Waals surface area (Å²) in [5.41, 5.74) is -2.79. The number of esters is 4. The average molecular weight is 1560 g/mol. The molecule has 37 nitrogen and oxygen atoms in total. The molecular weight excluding hydrogens is 1450 g/mol. The van der Waals surface area contributed by atoms with E-state index in [9.17, 15) is 129 Å². The molecule has 0 aliphatic heterocycles. The molecule has 0 spiro atoms. The van der Waals surface area contributed by atoms with Gasteiger partial charge in [0.25, 0.3) is 20.2 Å². The summed E-state index contributed by atoms with van der Waals surface area (Å²) in [6.45, 7) is 1.50. The van der Waals surface area contributed by atoms with Gasteiger partial charge in [0, 0.05) is 61.9 Å². The number of carbonyl (C=O) groups is 4. The first kappa shape index (κ1) is 94.7. The molecule has 0 saturated carbocycles. The van der Waals surface area contributed by atoms with Gasteiger partial charge in [-0.05, 0) is 142 Å². The van der Waals surface area contributed by atoms with E-state index >= 15 is 0 Å². The van der Waals surface area contributed by atoms with E-state index in [2.05, 4.69) is 0 Å². The van der Waals surface area contributed by atoms with Crippen LogP contribution >= 0.6 is 0 Å². The van der Waals surface area contributed by atoms with Gasteiger partial charge < -0.3 is 110 Å². The first-order chi connectivity index (χ1) is 44.5. The van der Waals surface area contributed by atoms with Gasteiger partial charge in [0.2, 0.25) is 0 Å². The number of nitrogens with zero attached hydrogens (tertiary/aromatic N) is 4. The highest BCUT2D eigenvalue weighted by Crippen LogP contribution is 2.30. The third-order valence-corrected chi connectivity index (χ3v) is 22.7. The molecular formula is C52H108N4O33S4Si4-2. The molecule has 14 N–H and O–H groups in total. The lowest BCUT2D eigenvalue weighted by atomic mass is 9.86. The van der Waals surface area contributed by atoms with Gasteiger partial charge >= 0.3 is 59.1 Å². The highest BCUT2D eigenvalue weighted by molar-refractivity contribution is 7.86. The lowest BCUT2D eigenvalue weighted by Crippen LogP contribution is -2.43. The van der Waals surface area contributed by atoms with Crippen LogP contribution in [0, 0.1) is 10.8 Å². The molecule has 0 saturated heterocycles. The van der Waals surface area contributed by atoms with E-state index in [4.69, 9.17) is 23.7 Å². The topological polar surface area (TPSA) is 593 Å². The van der Waals surface area contributed by atoms with Crippen LogP contribution in [-0.4, -0.2) is 329 Å². The summed E-state index contributed by atoms with van der Waals surface area (Å²) in [5.74, 6) is -5.64. The molecule has 0 aliphatic carbocycles. The van der Waals surface area contributed by atoms with Crippen LogP contribution in [0.1, 0.15) is 129 Å². The van der Waals surface area contributed by atoms with Crippen molar-refractivity contribution in [1.29, 1.82) is 0 Å². The van der Waals surface area contributed by atoms with Crippen molar-refractivity contribution in [2.24, 2.45) is 10.8 Å². The molecule has 2 atom stereocenters. The Morgan fingerprint density at radius 2 is 0.536 bits per heavy atom. The Morgan fingerprint density at radius 3 is 0.722 bits per heavy atom. The molecule has 576 valence electrons. The van der Waals surface area contributed by atoms with Crippen molar-refractivity contribution in [1.82, 2.24) is 19.6 Å². The summed E-state index contributed by atoms with van der Waals surface area (Å²) in [7, 11) is -35.6. The van der Waals surface area contributed by atoms with Crippen LogP contribution in [0.3, 0.4) is 0 Å². The van der Waals surface area contributed by atoms with Crippen molar-refractivity contribution < 1.29 is 152 Å². The van der Waals surface area contributed by atoms with Crippen LogP contribution < -0.4 is 0 Å². The van der Waals surface area contributed by atoms with Crippen LogP contribution in [0.5, 0.6) is 0 Å². The SMILES string of the molecule is CCC(COCC(CC)(COC(=O)CCN(CCCCS(=O)(=O)[O-])CCC[Si](O)(O)O)COC(=O)CCN(CCCCS(=O)(=O)O)CCC[Si](O)(O)O)(COC(=O)CCN(CCCCS(=O)(=O)[O-])CCC[Si](O)(O)O)COC(=O)CCN(CCCCS(=O)(=O)O)CCC[Si](O)(O)O. The van der Waals surface area contributed by atoms with Crippen molar-refractivity contribution in [3.05, 3.63) is 0 Å². The van der Waals surface area contributed by atoms with Gasteiger partial charge in [-0.3, -0.25) is 28.3 Å². The third kappa shape index (κ3) is 58.9. The molecule has 97 heavy (non-hydrogen) atoms. The molecule has 0 amide bonds. The monoisotopic (exact) mass is 1560 g/mol. The Morgan fingerprint density at radius 1 is 0.330 bits per heavy atom. The van der Waals surface area contributed by atoms with E-state index in [-0.39, 0.29) is 232 Å². The number of carbonyl (C=O) groups excluding carboxylic acids is 4. The van der Waals surface area contributed by atoms with Gasteiger partial charge in [0.1, 0.15) is 26.4 Å². The Hall–Kier alpha value is -2.29. The van der Waals surface area contributed by atoms with Crippen LogP contribution in [0.15, 0.2) is 0 Å². The normalized spacial score (nSPS) is 14.5. The maximum atomic E-state index is 13.6. The molecule has 0 fully saturated rings. The number of ether oxygens (including phenoxy) is 5. The van der Waals surface area contributed by atoms with Gasteiger partial charge in [-0.1, -0.05) is 13.8 Å². The quantitative estimate of drug-likeness (QED) is 0.00906. The van der Waals surface area contributed by atoms with Crippen molar-refractivity contribution in [2.75, 3.05) is 141 Å². The van der Waals surface area contributed by atoms with Crippen molar-refractivity contribution in [2.45, 2.75) is 154 Å². The maximum absolute atomic E-state index is 13.6. The van der Waals surface area contributed by atoms with E-state index in [1.807, 2.05) is 0 Å². The molecule has 0 aromatic rings. The van der Waals surface area contributed by atoms with E-state index in [1.165, 1.54) is 0 Å². The van der Waals surface area contributed by atoms with Crippen LogP contribution in [0.4, 0.5) is 0 Å². The second-order valence-electron chi connectivity index (χ2n) is 24.6. The van der Waals surface area contributed by atoms with E-state index < -0.39 is 160 Å². The highest BCUT2D eigenvalue weighted by Gasteiger charge is 2.38. The molecule has 0 bridgehead atoms. The maximum Gasteiger partial charge on any atom is 0.492 e. The first-order valence-electron chi connectivity index (χ1n) is 32.1. The predicted octanol–water partition coefficient (Wildman–Crippen LogP) is -4.05. The number of rotatable bonds is 62. The van der Waals surface area contributed by atoms with Gasteiger partial charge in [-0.15, -0.1) is 0 Å². The highest BCUT2D eigenvalue weighted by atomic mass is 32.2. The molecule has 0 heterocycles. The van der Waals surface area contributed by atoms with E-state index in [0.717, 1.165) is 0 Å². The number of hydrogen-bond donors (Lipinski definition) is 14. The zero-order valence-electron chi connectivity index (χ0n) is 55.6. The standard InChI is InChI=1S/C52H110N4O33S4Si4/c1-3-51(43-86-47(57)17-29-53(25-13-37-94(73,74)75)21-5-9-33-90(61,62)63,44-87-48(58)18-30-54(26-14-38-95(76,77)78)22-6-10-34-91(64,65)66)41-85-42-52(4-2,45-88-49(59)19-31-55(27-15-39-96(79,80)81)23-7-11-35-92(67,68)69)46-89-50(60)20-32-56(28-16-40-97(82,83)84)24-8-12-36-93(70,71)72/h73-84H,3-46H2,1-2H3,(H,61,62,63)(H,64,65,66)(H,67,68,69)(H,70,71,72)/p-2. The van der Waals surface area contributed by atoms with Crippen molar-refractivity contribution in [3.8, 4) is 0 Å². The van der Waals surface area contributed by atoms with Gasteiger partial charge in [-0.25, -0.2) is 16.8 Å². The summed E-state index contributed by atoms with van der Waals surface area (Å²) >= 11 is 0. The summed E-state index contributed by atoms with van der Waals surface area (Å²) in [5, 5.41) is 0. The molecule has 0 aromatic heterocycles. The zero-order valence-corrected chi connectivity index (χ0v) is 62.8. The van der Waals surface area contributed by atoms with Gasteiger partial charge in [0.05, 0.1) is 81.5 Å². The molecule has 45 heteroatoms. The smallest absolute Gasteiger partial charge is 0.492 e. The van der Waals surface area contributed by atoms with Crippen LogP contribution in [-0.2, 0) is 83.3 Å². The molecule has 2 unspecified atom stereocenters. The fraction of sp³-hybridized carbons (Fsp3) is 0.923. The third-order valence-electron chi connectivity index (χ3n) is 15.4. The fourth-order valence-corrected chi connectivity index (χ4v) is 14.3. The summed E-state index contributed by atoms with van der Waals surface area (Å²) in [6.07, 6.45) is -0.123. The van der Waals surface area contributed by atoms with Gasteiger partial charge in [-0.2, -0.15) is 16.8 Å². The summed E-state index contributed by atoms with van der Waals surface area (Å²) in [6, 6.07) is -1.45. The minimum absolute atomic E-state index is 0.0235. The van der Waals surface area contributed by atoms with E-state index in [1.54, 1.807) is 33.4 Å². The minimum atomic E-state index is -4.54. The molecule has 0 aromatic carbocycles. The summed E-state index contributed by atoms with van der Waals surface area (Å²) < 4.78 is 161. The lowest BCUT2D eigenvalue weighted by Gasteiger charge is -2.35. The number of unbranched alkanes of at least 4 members (excludes halogenated alkanes) is 4. The van der Waals surface area contributed by atoms with E-state index in [0.29, 0.717) is 0 Å². The molecule has 0 aliphatic rings. The summed E-state index contributed by atoms with van der Waals surface area (Å²) in [4.78, 5) is 176. The zero-order chi connectivity index (χ0) is 74.3. The number of hydrogen-bond acceptors (Lipinski definition) is 35. The fourth-order valence-electron chi connectivity index (χ4n) is 9.54. The van der Waals surface area contributed by atoms with Crippen molar-refractivity contribution in [3.63, 3.8) is 0 Å². The predicted molar refractivity (Wildman–Crippen MR) is 351 cm³/mol. The average Bonchev–Trinajstić information content (AvgIpc) is 0.856. The van der Waals surface area contributed by atoms with Crippen LogP contribution in [0.25, 0.3) is 0 Å². The lowest BCUT2D eigenvalue weighted by molar-refractivity contribution is -0.163. The Balaban J connectivity index is 7.21. The minimum Gasteiger partial charge on any atom is -0.748 e.